The zero-order valence-corrected chi connectivity index (χ0v) is 13.6. The number of aryl methyl sites for hydroxylation is 1. The Bertz CT molecular complexity index is 790. The Balaban J connectivity index is 2.31. The maximum Gasteiger partial charge on any atom is 0.245 e. The van der Waals surface area contributed by atoms with Gasteiger partial charge >= 0.3 is 0 Å². The highest BCUT2D eigenvalue weighted by Gasteiger charge is 2.17. The van der Waals surface area contributed by atoms with E-state index in [4.69, 9.17) is 16.3 Å². The third kappa shape index (κ3) is 2.61. The molecular formula is C14H12BrClN4O. The van der Waals surface area contributed by atoms with Crippen LogP contribution in [0, 0.1) is 0 Å². The van der Waals surface area contributed by atoms with Crippen molar-refractivity contribution in [3.63, 3.8) is 0 Å². The number of halogens is 2. The van der Waals surface area contributed by atoms with Crippen molar-refractivity contribution >= 4 is 38.7 Å². The van der Waals surface area contributed by atoms with Crippen molar-refractivity contribution in [3.05, 3.63) is 40.9 Å². The van der Waals surface area contributed by atoms with E-state index in [1.807, 2.05) is 28.8 Å². The molecule has 0 fully saturated rings. The van der Waals surface area contributed by atoms with Crippen LogP contribution in [0.2, 0.25) is 0 Å². The standard InChI is InChI=1S/C14H12BrClN4O/c1-21-14-12-13(17-8-18-14)20(11(19-12)5-6-16)10-4-2-3-9(15)7-10/h2-4,7-8H,5-6H2,1H3. The monoisotopic (exact) mass is 366 g/mol. The smallest absolute Gasteiger partial charge is 0.245 e. The van der Waals surface area contributed by atoms with Crippen molar-refractivity contribution in [1.29, 1.82) is 0 Å². The summed E-state index contributed by atoms with van der Waals surface area (Å²) in [5.74, 6) is 1.77. The van der Waals surface area contributed by atoms with E-state index in [1.165, 1.54) is 6.33 Å². The van der Waals surface area contributed by atoms with Crippen LogP contribution in [-0.2, 0) is 6.42 Å². The molecule has 21 heavy (non-hydrogen) atoms. The molecule has 0 saturated carbocycles. The SMILES string of the molecule is COc1ncnc2c1nc(CCCl)n2-c1cccc(Br)c1. The molecule has 0 amide bonds. The van der Waals surface area contributed by atoms with Crippen LogP contribution in [0.5, 0.6) is 5.88 Å². The number of aromatic nitrogens is 4. The van der Waals surface area contributed by atoms with E-state index in [0.717, 1.165) is 16.0 Å². The van der Waals surface area contributed by atoms with Gasteiger partial charge in [0.15, 0.2) is 11.2 Å². The molecule has 5 nitrogen and oxygen atoms in total. The molecule has 7 heteroatoms. The van der Waals surface area contributed by atoms with Crippen molar-refractivity contribution in [3.8, 4) is 11.6 Å². The molecule has 108 valence electrons. The van der Waals surface area contributed by atoms with Gasteiger partial charge in [0.2, 0.25) is 5.88 Å². The van der Waals surface area contributed by atoms with Crippen LogP contribution in [0.25, 0.3) is 16.9 Å². The highest BCUT2D eigenvalue weighted by atomic mass is 79.9. The highest BCUT2D eigenvalue weighted by molar-refractivity contribution is 9.10. The Labute approximate surface area is 135 Å². The molecule has 0 aliphatic heterocycles. The molecule has 0 unspecified atom stereocenters. The number of benzene rings is 1. The fourth-order valence-corrected chi connectivity index (χ4v) is 2.76. The van der Waals surface area contributed by atoms with Crippen LogP contribution in [0.3, 0.4) is 0 Å². The van der Waals surface area contributed by atoms with Crippen molar-refractivity contribution < 1.29 is 4.74 Å². The lowest BCUT2D eigenvalue weighted by Gasteiger charge is -2.08. The van der Waals surface area contributed by atoms with E-state index in [2.05, 4.69) is 30.9 Å². The van der Waals surface area contributed by atoms with E-state index in [-0.39, 0.29) is 0 Å². The summed E-state index contributed by atoms with van der Waals surface area (Å²) in [5.41, 5.74) is 2.31. The van der Waals surface area contributed by atoms with Crippen molar-refractivity contribution in [1.82, 2.24) is 19.5 Å². The fraction of sp³-hybridized carbons (Fsp3) is 0.214. The summed E-state index contributed by atoms with van der Waals surface area (Å²) >= 11 is 9.38. The number of imidazole rings is 1. The Hall–Kier alpha value is -1.66. The summed E-state index contributed by atoms with van der Waals surface area (Å²) < 4.78 is 8.23. The van der Waals surface area contributed by atoms with Gasteiger partial charge in [0.1, 0.15) is 12.2 Å². The molecule has 3 aromatic rings. The van der Waals surface area contributed by atoms with Gasteiger partial charge in [-0.25, -0.2) is 9.97 Å². The number of fused-ring (bicyclic) bond motifs is 1. The molecule has 0 bridgehead atoms. The van der Waals surface area contributed by atoms with Gasteiger partial charge < -0.3 is 4.74 Å². The van der Waals surface area contributed by atoms with Gasteiger partial charge in [-0.15, -0.1) is 11.6 Å². The summed E-state index contributed by atoms with van der Waals surface area (Å²) in [6, 6.07) is 7.94. The molecule has 0 spiro atoms. The number of hydrogen-bond donors (Lipinski definition) is 0. The Morgan fingerprint density at radius 1 is 1.33 bits per heavy atom. The second-order valence-electron chi connectivity index (χ2n) is 4.34. The maximum absolute atomic E-state index is 5.90. The first-order valence-electron chi connectivity index (χ1n) is 6.33. The van der Waals surface area contributed by atoms with Crippen molar-refractivity contribution in [2.24, 2.45) is 0 Å². The molecule has 0 radical (unpaired) electrons. The molecule has 2 aromatic heterocycles. The minimum Gasteiger partial charge on any atom is -0.479 e. The van der Waals surface area contributed by atoms with Crippen LogP contribution in [0.15, 0.2) is 35.1 Å². The highest BCUT2D eigenvalue weighted by Crippen LogP contribution is 2.26. The number of alkyl halides is 1. The second kappa shape index (κ2) is 5.99. The zero-order chi connectivity index (χ0) is 14.8. The normalized spacial score (nSPS) is 11.0. The molecule has 1 aromatic carbocycles. The number of hydrogen-bond acceptors (Lipinski definition) is 4. The minimum atomic E-state index is 0.463. The predicted molar refractivity (Wildman–Crippen MR) is 85.3 cm³/mol. The number of rotatable bonds is 4. The first kappa shape index (κ1) is 14.3. The predicted octanol–water partition coefficient (Wildman–Crippen LogP) is 3.37. The molecule has 0 aliphatic rings. The lowest BCUT2D eigenvalue weighted by atomic mass is 10.3. The van der Waals surface area contributed by atoms with Crippen LogP contribution >= 0.6 is 27.5 Å². The lowest BCUT2D eigenvalue weighted by molar-refractivity contribution is 0.401. The van der Waals surface area contributed by atoms with Crippen molar-refractivity contribution in [2.75, 3.05) is 13.0 Å². The average Bonchev–Trinajstić information content (AvgIpc) is 2.85. The van der Waals surface area contributed by atoms with E-state index in [9.17, 15) is 0 Å². The third-order valence-electron chi connectivity index (χ3n) is 3.06. The minimum absolute atomic E-state index is 0.463. The molecule has 3 rings (SSSR count). The van der Waals surface area contributed by atoms with E-state index in [1.54, 1.807) is 7.11 Å². The van der Waals surface area contributed by atoms with Gasteiger partial charge in [-0.2, -0.15) is 4.98 Å². The van der Waals surface area contributed by atoms with E-state index in [0.29, 0.717) is 29.3 Å². The largest absolute Gasteiger partial charge is 0.479 e. The average molecular weight is 368 g/mol. The molecule has 0 saturated heterocycles. The van der Waals surface area contributed by atoms with Gasteiger partial charge in [0.25, 0.3) is 0 Å². The van der Waals surface area contributed by atoms with Gasteiger partial charge in [-0.1, -0.05) is 22.0 Å². The first-order valence-corrected chi connectivity index (χ1v) is 7.65. The van der Waals surface area contributed by atoms with E-state index >= 15 is 0 Å². The molecule has 2 heterocycles. The lowest BCUT2D eigenvalue weighted by Crippen LogP contribution is -2.03. The quantitative estimate of drug-likeness (QED) is 0.664. The Morgan fingerprint density at radius 2 is 2.19 bits per heavy atom. The Morgan fingerprint density at radius 3 is 2.90 bits per heavy atom. The van der Waals surface area contributed by atoms with Gasteiger partial charge in [-0.3, -0.25) is 4.57 Å². The van der Waals surface area contributed by atoms with Crippen LogP contribution < -0.4 is 4.74 Å². The third-order valence-corrected chi connectivity index (χ3v) is 3.74. The fourth-order valence-electron chi connectivity index (χ4n) is 2.20. The molecular weight excluding hydrogens is 356 g/mol. The number of methoxy groups -OCH3 is 1. The summed E-state index contributed by atoms with van der Waals surface area (Å²) in [5, 5.41) is 0. The van der Waals surface area contributed by atoms with Crippen LogP contribution in [-0.4, -0.2) is 32.5 Å². The summed E-state index contributed by atoms with van der Waals surface area (Å²) in [6.45, 7) is 0. The van der Waals surface area contributed by atoms with Crippen LogP contribution in [0.4, 0.5) is 0 Å². The Kier molecular flexibility index (Phi) is 4.07. The molecule has 0 atom stereocenters. The topological polar surface area (TPSA) is 52.8 Å². The summed E-state index contributed by atoms with van der Waals surface area (Å²) in [4.78, 5) is 13.0. The number of nitrogens with zero attached hydrogens (tertiary/aromatic N) is 4. The van der Waals surface area contributed by atoms with Gasteiger partial charge in [-0.05, 0) is 18.2 Å². The maximum atomic E-state index is 5.90. The molecule has 0 N–H and O–H groups in total. The van der Waals surface area contributed by atoms with Gasteiger partial charge in [0.05, 0.1) is 7.11 Å². The number of ether oxygens (including phenoxy) is 1. The summed E-state index contributed by atoms with van der Waals surface area (Å²) in [6.07, 6.45) is 2.11. The first-order chi connectivity index (χ1) is 10.2. The van der Waals surface area contributed by atoms with Gasteiger partial charge in [0, 0.05) is 22.5 Å². The van der Waals surface area contributed by atoms with E-state index < -0.39 is 0 Å². The second-order valence-corrected chi connectivity index (χ2v) is 5.63. The zero-order valence-electron chi connectivity index (χ0n) is 11.3. The van der Waals surface area contributed by atoms with Crippen LogP contribution in [0.1, 0.15) is 5.82 Å². The molecule has 0 aliphatic carbocycles. The summed E-state index contributed by atoms with van der Waals surface area (Å²) in [7, 11) is 1.57. The van der Waals surface area contributed by atoms with Crippen molar-refractivity contribution in [2.45, 2.75) is 6.42 Å².